The van der Waals surface area contributed by atoms with Crippen LogP contribution in [0.1, 0.15) is 32.6 Å². The average Bonchev–Trinajstić information content (AvgIpc) is 2.93. The lowest BCUT2D eigenvalue weighted by Crippen LogP contribution is -2.37. The first-order valence-corrected chi connectivity index (χ1v) is 5.35. The van der Waals surface area contributed by atoms with Crippen LogP contribution in [0.3, 0.4) is 0 Å². The van der Waals surface area contributed by atoms with Crippen molar-refractivity contribution < 1.29 is 4.79 Å². The number of hydrogen-bond donors (Lipinski definition) is 3. The Balaban J connectivity index is 2.01. The largest absolute Gasteiger partial charge is 0.355 e. The normalized spacial score (nSPS) is 20.2. The molecule has 5 N–H and O–H groups in total. The fraction of sp³-hybridized carbons (Fsp3) is 0.900. The third-order valence-corrected chi connectivity index (χ3v) is 2.71. The Kier molecular flexibility index (Phi) is 4.35. The van der Waals surface area contributed by atoms with Gasteiger partial charge in [-0.25, -0.2) is 0 Å². The van der Waals surface area contributed by atoms with Crippen molar-refractivity contribution in [1.82, 2.24) is 5.32 Å². The SMILES string of the molecule is CC(=O)NC[C@@H](N)CCC(N)C1CC1. The first-order chi connectivity index (χ1) is 6.59. The van der Waals surface area contributed by atoms with Gasteiger partial charge in [0.15, 0.2) is 0 Å². The van der Waals surface area contributed by atoms with Gasteiger partial charge >= 0.3 is 0 Å². The smallest absolute Gasteiger partial charge is 0.216 e. The van der Waals surface area contributed by atoms with Gasteiger partial charge in [-0.15, -0.1) is 0 Å². The quantitative estimate of drug-likeness (QED) is 0.562. The highest BCUT2D eigenvalue weighted by Gasteiger charge is 2.28. The molecule has 4 heteroatoms. The Bertz CT molecular complexity index is 192. The van der Waals surface area contributed by atoms with Gasteiger partial charge in [0.25, 0.3) is 0 Å². The fourth-order valence-electron chi connectivity index (χ4n) is 1.54. The van der Waals surface area contributed by atoms with E-state index in [-0.39, 0.29) is 11.9 Å². The molecule has 0 saturated heterocycles. The molecular weight excluding hydrogens is 178 g/mol. The van der Waals surface area contributed by atoms with Crippen LogP contribution in [0.5, 0.6) is 0 Å². The van der Waals surface area contributed by atoms with Crippen molar-refractivity contribution in [3.05, 3.63) is 0 Å². The summed E-state index contributed by atoms with van der Waals surface area (Å²) >= 11 is 0. The summed E-state index contributed by atoms with van der Waals surface area (Å²) < 4.78 is 0. The topological polar surface area (TPSA) is 81.1 Å². The van der Waals surface area contributed by atoms with E-state index in [2.05, 4.69) is 5.32 Å². The molecule has 82 valence electrons. The van der Waals surface area contributed by atoms with Crippen molar-refractivity contribution in [3.8, 4) is 0 Å². The Morgan fingerprint density at radius 2 is 2.07 bits per heavy atom. The number of carbonyl (C=O) groups excluding carboxylic acids is 1. The predicted octanol–water partition coefficient (Wildman–Crippen LogP) is -0.0327. The number of amides is 1. The molecule has 14 heavy (non-hydrogen) atoms. The Morgan fingerprint density at radius 3 is 2.57 bits per heavy atom. The summed E-state index contributed by atoms with van der Waals surface area (Å²) in [7, 11) is 0. The zero-order valence-electron chi connectivity index (χ0n) is 8.83. The molecule has 0 radical (unpaired) electrons. The van der Waals surface area contributed by atoms with Crippen LogP contribution in [0.4, 0.5) is 0 Å². The first-order valence-electron chi connectivity index (χ1n) is 5.35. The van der Waals surface area contributed by atoms with E-state index in [4.69, 9.17) is 11.5 Å². The molecule has 1 saturated carbocycles. The second-order valence-electron chi connectivity index (χ2n) is 4.28. The number of nitrogens with two attached hydrogens (primary N) is 2. The van der Waals surface area contributed by atoms with Crippen LogP contribution in [-0.2, 0) is 4.79 Å². The maximum Gasteiger partial charge on any atom is 0.216 e. The zero-order chi connectivity index (χ0) is 10.6. The number of nitrogens with one attached hydrogen (secondary N) is 1. The van der Waals surface area contributed by atoms with Gasteiger partial charge in [-0.3, -0.25) is 4.79 Å². The molecule has 4 nitrogen and oxygen atoms in total. The number of rotatable bonds is 6. The Hall–Kier alpha value is -0.610. The molecule has 0 heterocycles. The van der Waals surface area contributed by atoms with Crippen LogP contribution >= 0.6 is 0 Å². The highest BCUT2D eigenvalue weighted by Crippen LogP contribution is 2.33. The van der Waals surface area contributed by atoms with E-state index in [1.54, 1.807) is 0 Å². The predicted molar refractivity (Wildman–Crippen MR) is 56.6 cm³/mol. The summed E-state index contributed by atoms with van der Waals surface area (Å²) in [6.45, 7) is 2.06. The van der Waals surface area contributed by atoms with Crippen molar-refractivity contribution in [2.45, 2.75) is 44.7 Å². The molecule has 0 bridgehead atoms. The standard InChI is InChI=1S/C10H21N3O/c1-7(14)13-6-9(11)4-5-10(12)8-2-3-8/h8-10H,2-6,11-12H2,1H3,(H,13,14)/t9-,10?/m0/s1. The maximum atomic E-state index is 10.6. The second-order valence-corrected chi connectivity index (χ2v) is 4.28. The van der Waals surface area contributed by atoms with Crippen molar-refractivity contribution in [1.29, 1.82) is 0 Å². The van der Waals surface area contributed by atoms with Crippen LogP contribution < -0.4 is 16.8 Å². The molecule has 0 aromatic heterocycles. The highest BCUT2D eigenvalue weighted by atomic mass is 16.1. The van der Waals surface area contributed by atoms with E-state index < -0.39 is 0 Å². The molecule has 0 spiro atoms. The third kappa shape index (κ3) is 4.58. The van der Waals surface area contributed by atoms with Gasteiger partial charge in [-0.1, -0.05) is 0 Å². The summed E-state index contributed by atoms with van der Waals surface area (Å²) in [6, 6.07) is 0.363. The summed E-state index contributed by atoms with van der Waals surface area (Å²) in [5.41, 5.74) is 11.8. The van der Waals surface area contributed by atoms with Gasteiger partial charge in [-0.2, -0.15) is 0 Å². The lowest BCUT2D eigenvalue weighted by Gasteiger charge is -2.15. The monoisotopic (exact) mass is 199 g/mol. The van der Waals surface area contributed by atoms with Gasteiger partial charge in [0.05, 0.1) is 0 Å². The lowest BCUT2D eigenvalue weighted by molar-refractivity contribution is -0.119. The van der Waals surface area contributed by atoms with E-state index in [1.807, 2.05) is 0 Å². The van der Waals surface area contributed by atoms with Gasteiger partial charge in [-0.05, 0) is 31.6 Å². The molecule has 1 aliphatic rings. The summed E-state index contributed by atoms with van der Waals surface area (Å²) in [5.74, 6) is 0.718. The van der Waals surface area contributed by atoms with Crippen LogP contribution in [0.25, 0.3) is 0 Å². The molecular formula is C10H21N3O. The van der Waals surface area contributed by atoms with Gasteiger partial charge in [0, 0.05) is 25.6 Å². The summed E-state index contributed by atoms with van der Waals surface area (Å²) in [6.07, 6.45) is 4.44. The van der Waals surface area contributed by atoms with Crippen LogP contribution in [-0.4, -0.2) is 24.5 Å². The Labute approximate surface area is 85.4 Å². The van der Waals surface area contributed by atoms with Crippen LogP contribution in [0.2, 0.25) is 0 Å². The second kappa shape index (κ2) is 5.32. The van der Waals surface area contributed by atoms with E-state index in [0.717, 1.165) is 18.8 Å². The van der Waals surface area contributed by atoms with E-state index >= 15 is 0 Å². The van der Waals surface area contributed by atoms with E-state index in [1.165, 1.54) is 19.8 Å². The van der Waals surface area contributed by atoms with Crippen molar-refractivity contribution in [2.75, 3.05) is 6.54 Å². The zero-order valence-corrected chi connectivity index (χ0v) is 8.83. The average molecular weight is 199 g/mol. The number of carbonyl (C=O) groups is 1. The van der Waals surface area contributed by atoms with Crippen molar-refractivity contribution >= 4 is 5.91 Å². The van der Waals surface area contributed by atoms with Gasteiger partial charge < -0.3 is 16.8 Å². The van der Waals surface area contributed by atoms with Crippen molar-refractivity contribution in [2.24, 2.45) is 17.4 Å². The summed E-state index contributed by atoms with van der Waals surface area (Å²) in [4.78, 5) is 10.6. The first kappa shape index (κ1) is 11.5. The molecule has 2 atom stereocenters. The minimum atomic E-state index is -0.0214. The Morgan fingerprint density at radius 1 is 1.43 bits per heavy atom. The van der Waals surface area contributed by atoms with Crippen LogP contribution in [0.15, 0.2) is 0 Å². The minimum absolute atomic E-state index is 0.0214. The molecule has 1 amide bonds. The van der Waals surface area contributed by atoms with Gasteiger partial charge in [0.2, 0.25) is 5.91 Å². The highest BCUT2D eigenvalue weighted by molar-refractivity contribution is 5.72. The van der Waals surface area contributed by atoms with E-state index in [0.29, 0.717) is 12.6 Å². The maximum absolute atomic E-state index is 10.6. The molecule has 1 fully saturated rings. The summed E-state index contributed by atoms with van der Waals surface area (Å²) in [5, 5.41) is 2.71. The molecule has 0 aromatic carbocycles. The molecule has 0 aliphatic heterocycles. The molecule has 1 unspecified atom stereocenters. The molecule has 1 rings (SSSR count). The number of hydrogen-bond acceptors (Lipinski definition) is 3. The molecule has 0 aromatic rings. The minimum Gasteiger partial charge on any atom is -0.355 e. The van der Waals surface area contributed by atoms with Crippen molar-refractivity contribution in [3.63, 3.8) is 0 Å². The fourth-order valence-corrected chi connectivity index (χ4v) is 1.54. The van der Waals surface area contributed by atoms with Crippen LogP contribution in [0, 0.1) is 5.92 Å². The molecule has 1 aliphatic carbocycles. The lowest BCUT2D eigenvalue weighted by atomic mass is 10.0. The van der Waals surface area contributed by atoms with Gasteiger partial charge in [0.1, 0.15) is 0 Å². The van der Waals surface area contributed by atoms with E-state index in [9.17, 15) is 4.79 Å². The third-order valence-electron chi connectivity index (χ3n) is 2.71.